The molecule has 186 valence electrons. The summed E-state index contributed by atoms with van der Waals surface area (Å²) in [5, 5.41) is 0. The second-order valence-electron chi connectivity index (χ2n) is 11.0. The first kappa shape index (κ1) is 25.5. The largest absolute Gasteiger partial charge is 0.385 e. The number of rotatable bonds is 11. The lowest BCUT2D eigenvalue weighted by molar-refractivity contribution is 0.0224. The Balaban J connectivity index is 1.20. The lowest BCUT2D eigenvalue weighted by atomic mass is 9.79. The normalized spacial score (nSPS) is 25.4. The van der Waals surface area contributed by atoms with Crippen molar-refractivity contribution in [3.8, 4) is 11.1 Å². The third kappa shape index (κ3) is 7.43. The molecule has 2 aromatic carbocycles. The Bertz CT molecular complexity index is 809. The minimum atomic E-state index is 0.473. The molecule has 2 nitrogen and oxygen atoms in total. The maximum Gasteiger partial charge on any atom is 0.0575 e. The first-order valence-corrected chi connectivity index (χ1v) is 14.0. The Morgan fingerprint density at radius 1 is 0.588 bits per heavy atom. The molecule has 2 heteroatoms. The molecule has 2 aromatic rings. The molecule has 0 saturated heterocycles. The summed E-state index contributed by atoms with van der Waals surface area (Å²) in [6, 6.07) is 18.8. The van der Waals surface area contributed by atoms with E-state index in [1.807, 2.05) is 0 Å². The van der Waals surface area contributed by atoms with Gasteiger partial charge in [0.2, 0.25) is 0 Å². The van der Waals surface area contributed by atoms with Crippen LogP contribution in [0.4, 0.5) is 0 Å². The summed E-state index contributed by atoms with van der Waals surface area (Å²) >= 11 is 0. The van der Waals surface area contributed by atoms with Crippen molar-refractivity contribution in [3.63, 3.8) is 0 Å². The highest BCUT2D eigenvalue weighted by Crippen LogP contribution is 2.37. The van der Waals surface area contributed by atoms with Crippen LogP contribution in [0, 0.1) is 5.92 Å². The molecular weight excluding hydrogens is 416 g/mol. The average molecular weight is 463 g/mol. The molecule has 2 saturated carbocycles. The maximum absolute atomic E-state index is 6.18. The van der Waals surface area contributed by atoms with E-state index in [4.69, 9.17) is 9.47 Å². The first-order chi connectivity index (χ1) is 16.7. The number of methoxy groups -OCH3 is 1. The van der Waals surface area contributed by atoms with Crippen molar-refractivity contribution in [2.45, 2.75) is 102 Å². The van der Waals surface area contributed by atoms with Gasteiger partial charge in [-0.2, -0.15) is 0 Å². The van der Waals surface area contributed by atoms with E-state index in [1.165, 1.54) is 99.3 Å². The second kappa shape index (κ2) is 13.4. The van der Waals surface area contributed by atoms with Crippen molar-refractivity contribution in [3.05, 3.63) is 59.7 Å². The van der Waals surface area contributed by atoms with Crippen molar-refractivity contribution in [1.82, 2.24) is 0 Å². The van der Waals surface area contributed by atoms with Crippen molar-refractivity contribution in [2.24, 2.45) is 5.92 Å². The summed E-state index contributed by atoms with van der Waals surface area (Å²) in [6.45, 7) is 4.21. The average Bonchev–Trinajstić information content (AvgIpc) is 2.89. The molecule has 2 fully saturated rings. The fraction of sp³-hybridized carbons (Fsp3) is 0.625. The van der Waals surface area contributed by atoms with E-state index in [2.05, 4.69) is 55.5 Å². The Hall–Kier alpha value is -1.64. The number of hydrogen-bond donors (Lipinski definition) is 0. The van der Waals surface area contributed by atoms with E-state index in [1.54, 1.807) is 7.11 Å². The SMILES string of the molecule is COCCCCCCOC1CCC(c2ccc(-c3ccc(C4CCC(C)CC4)cc3)cc2)CC1. The highest BCUT2D eigenvalue weighted by atomic mass is 16.5. The lowest BCUT2D eigenvalue weighted by Crippen LogP contribution is -2.21. The molecule has 0 unspecified atom stereocenters. The van der Waals surface area contributed by atoms with Gasteiger partial charge in [-0.15, -0.1) is 0 Å². The van der Waals surface area contributed by atoms with Gasteiger partial charge >= 0.3 is 0 Å². The van der Waals surface area contributed by atoms with Gasteiger partial charge in [-0.05, 0) is 91.4 Å². The van der Waals surface area contributed by atoms with Gasteiger partial charge in [-0.1, -0.05) is 81.1 Å². The van der Waals surface area contributed by atoms with Crippen molar-refractivity contribution in [1.29, 1.82) is 0 Å². The smallest absolute Gasteiger partial charge is 0.0575 e. The van der Waals surface area contributed by atoms with Crippen LogP contribution < -0.4 is 0 Å². The van der Waals surface area contributed by atoms with Crippen LogP contribution >= 0.6 is 0 Å². The van der Waals surface area contributed by atoms with E-state index < -0.39 is 0 Å². The summed E-state index contributed by atoms with van der Waals surface area (Å²) in [5.41, 5.74) is 5.74. The second-order valence-corrected chi connectivity index (χ2v) is 11.0. The monoisotopic (exact) mass is 462 g/mol. The Labute approximate surface area is 208 Å². The first-order valence-electron chi connectivity index (χ1n) is 14.0. The predicted octanol–water partition coefficient (Wildman–Crippen LogP) is 8.90. The van der Waals surface area contributed by atoms with Crippen molar-refractivity contribution in [2.75, 3.05) is 20.3 Å². The van der Waals surface area contributed by atoms with E-state index in [0.29, 0.717) is 12.0 Å². The zero-order valence-corrected chi connectivity index (χ0v) is 21.6. The maximum atomic E-state index is 6.18. The molecule has 4 rings (SSSR count). The highest BCUT2D eigenvalue weighted by Gasteiger charge is 2.23. The zero-order chi connectivity index (χ0) is 23.6. The molecule has 0 amide bonds. The number of unbranched alkanes of at least 4 members (excludes halogenated alkanes) is 3. The molecule has 0 aliphatic heterocycles. The molecule has 0 bridgehead atoms. The summed E-state index contributed by atoms with van der Waals surface area (Å²) in [7, 11) is 1.78. The summed E-state index contributed by atoms with van der Waals surface area (Å²) < 4.78 is 11.3. The van der Waals surface area contributed by atoms with Gasteiger partial charge in [0, 0.05) is 20.3 Å². The number of ether oxygens (including phenoxy) is 2. The molecule has 0 aromatic heterocycles. The topological polar surface area (TPSA) is 18.5 Å². The highest BCUT2D eigenvalue weighted by molar-refractivity contribution is 5.64. The van der Waals surface area contributed by atoms with Gasteiger partial charge in [0.15, 0.2) is 0 Å². The molecule has 34 heavy (non-hydrogen) atoms. The molecule has 0 radical (unpaired) electrons. The van der Waals surface area contributed by atoms with E-state index in [-0.39, 0.29) is 0 Å². The molecule has 0 spiro atoms. The van der Waals surface area contributed by atoms with E-state index in [9.17, 15) is 0 Å². The van der Waals surface area contributed by atoms with Crippen LogP contribution in [-0.4, -0.2) is 26.4 Å². The molecule has 2 aliphatic rings. The van der Waals surface area contributed by atoms with Crippen LogP contribution in [0.3, 0.4) is 0 Å². The van der Waals surface area contributed by atoms with Crippen LogP contribution in [-0.2, 0) is 9.47 Å². The van der Waals surface area contributed by atoms with Crippen LogP contribution in [0.2, 0.25) is 0 Å². The van der Waals surface area contributed by atoms with Crippen molar-refractivity contribution < 1.29 is 9.47 Å². The summed E-state index contributed by atoms with van der Waals surface area (Å²) in [5.74, 6) is 2.38. The van der Waals surface area contributed by atoms with Gasteiger partial charge in [-0.3, -0.25) is 0 Å². The van der Waals surface area contributed by atoms with Crippen molar-refractivity contribution >= 4 is 0 Å². The van der Waals surface area contributed by atoms with Crippen LogP contribution in [0.15, 0.2) is 48.5 Å². The van der Waals surface area contributed by atoms with Gasteiger partial charge in [0.25, 0.3) is 0 Å². The molecule has 0 heterocycles. The van der Waals surface area contributed by atoms with Gasteiger partial charge in [0.1, 0.15) is 0 Å². The molecule has 2 aliphatic carbocycles. The third-order valence-electron chi connectivity index (χ3n) is 8.38. The summed E-state index contributed by atoms with van der Waals surface area (Å²) in [6.07, 6.45) is 15.8. The fourth-order valence-electron chi connectivity index (χ4n) is 6.00. The van der Waals surface area contributed by atoms with E-state index >= 15 is 0 Å². The lowest BCUT2D eigenvalue weighted by Gasteiger charge is -2.29. The van der Waals surface area contributed by atoms with Gasteiger partial charge < -0.3 is 9.47 Å². The Kier molecular flexibility index (Phi) is 10.1. The van der Waals surface area contributed by atoms with E-state index in [0.717, 1.165) is 25.0 Å². The zero-order valence-electron chi connectivity index (χ0n) is 21.6. The van der Waals surface area contributed by atoms with Crippen LogP contribution in [0.1, 0.15) is 107 Å². The predicted molar refractivity (Wildman–Crippen MR) is 144 cm³/mol. The molecule has 0 atom stereocenters. The molecular formula is C32H46O2. The summed E-state index contributed by atoms with van der Waals surface area (Å²) in [4.78, 5) is 0. The van der Waals surface area contributed by atoms with Crippen LogP contribution in [0.25, 0.3) is 11.1 Å². The molecule has 0 N–H and O–H groups in total. The Morgan fingerprint density at radius 3 is 1.56 bits per heavy atom. The standard InChI is InChI=1S/C32H46O2/c1-25-7-9-26(10-8-25)27-11-13-28(14-12-27)29-15-17-30(18-16-29)31-19-21-32(22-20-31)34-24-6-4-3-5-23-33-2/h11-18,25-26,31-32H,3-10,19-24H2,1-2H3. The van der Waals surface area contributed by atoms with Gasteiger partial charge in [-0.25, -0.2) is 0 Å². The quantitative estimate of drug-likeness (QED) is 0.310. The number of benzene rings is 2. The Morgan fingerprint density at radius 2 is 1.06 bits per heavy atom. The van der Waals surface area contributed by atoms with Crippen LogP contribution in [0.5, 0.6) is 0 Å². The fourth-order valence-corrected chi connectivity index (χ4v) is 6.00. The number of hydrogen-bond acceptors (Lipinski definition) is 2. The van der Waals surface area contributed by atoms with Gasteiger partial charge in [0.05, 0.1) is 6.10 Å². The minimum absolute atomic E-state index is 0.473. The third-order valence-corrected chi connectivity index (χ3v) is 8.38. The minimum Gasteiger partial charge on any atom is -0.385 e.